The lowest BCUT2D eigenvalue weighted by molar-refractivity contribution is -0.155. The summed E-state index contributed by atoms with van der Waals surface area (Å²) in [5.74, 6) is -0.0594. The minimum atomic E-state index is -0.121. The number of nitrogens with zero attached hydrogens (tertiary/aromatic N) is 1. The Kier molecular flexibility index (Phi) is 22.6. The maximum absolute atomic E-state index is 11.6. The van der Waals surface area contributed by atoms with Crippen LogP contribution in [0.5, 0.6) is 0 Å². The van der Waals surface area contributed by atoms with E-state index in [4.69, 9.17) is 4.74 Å². The van der Waals surface area contributed by atoms with Crippen LogP contribution in [0.3, 0.4) is 0 Å². The molecular weight excluding hydrogens is 346 g/mol. The molecule has 0 radical (unpaired) electrons. The first-order chi connectivity index (χ1) is 12.1. The quantitative estimate of drug-likeness (QED) is 0.141. The molecule has 4 heteroatoms. The lowest BCUT2D eigenvalue weighted by atomic mass is 10.0. The van der Waals surface area contributed by atoms with E-state index in [9.17, 15) is 4.79 Å². The van der Waals surface area contributed by atoms with Gasteiger partial charge in [0.2, 0.25) is 0 Å². The molecule has 0 N–H and O–H groups in total. The number of halogens is 1. The van der Waals surface area contributed by atoms with E-state index in [1.165, 1.54) is 83.5 Å². The highest BCUT2D eigenvalue weighted by Gasteiger charge is 2.10. The summed E-state index contributed by atoms with van der Waals surface area (Å²) >= 11 is 0. The highest BCUT2D eigenvalue weighted by molar-refractivity contribution is 5.85. The number of carbonyl (C=O) groups excluding carboxylic acids is 1. The predicted molar refractivity (Wildman–Crippen MR) is 116 cm³/mol. The van der Waals surface area contributed by atoms with Gasteiger partial charge in [0, 0.05) is 6.42 Å². The Bertz CT molecular complexity index is 298. The Labute approximate surface area is 170 Å². The van der Waals surface area contributed by atoms with Crippen LogP contribution < -0.4 is 0 Å². The van der Waals surface area contributed by atoms with Gasteiger partial charge in [0.25, 0.3) is 0 Å². The summed E-state index contributed by atoms with van der Waals surface area (Å²) in [5.41, 5.74) is 0. The minimum absolute atomic E-state index is 0. The van der Waals surface area contributed by atoms with Gasteiger partial charge in [-0.1, -0.05) is 96.8 Å². The number of ether oxygens (including phenoxy) is 1. The van der Waals surface area contributed by atoms with Crippen LogP contribution in [0.25, 0.3) is 0 Å². The van der Waals surface area contributed by atoms with Crippen LogP contribution >= 0.6 is 12.4 Å². The second-order valence-corrected chi connectivity index (χ2v) is 7.75. The fourth-order valence-corrected chi connectivity index (χ4v) is 3.00. The monoisotopic (exact) mass is 391 g/mol. The first-order valence-corrected chi connectivity index (χ1v) is 10.9. The lowest BCUT2D eigenvalue weighted by Crippen LogP contribution is -2.29. The highest BCUT2D eigenvalue weighted by atomic mass is 35.5. The molecule has 26 heavy (non-hydrogen) atoms. The second-order valence-electron chi connectivity index (χ2n) is 7.75. The van der Waals surface area contributed by atoms with E-state index in [1.54, 1.807) is 0 Å². The van der Waals surface area contributed by atoms with Gasteiger partial charge in [-0.15, -0.1) is 12.4 Å². The number of rotatable bonds is 18. The molecule has 1 unspecified atom stereocenters. The van der Waals surface area contributed by atoms with E-state index in [1.807, 2.05) is 25.9 Å². The zero-order valence-corrected chi connectivity index (χ0v) is 18.9. The van der Waals surface area contributed by atoms with Crippen molar-refractivity contribution in [2.45, 2.75) is 123 Å². The summed E-state index contributed by atoms with van der Waals surface area (Å²) in [4.78, 5) is 13.6. The van der Waals surface area contributed by atoms with E-state index in [-0.39, 0.29) is 24.6 Å². The summed E-state index contributed by atoms with van der Waals surface area (Å²) in [5, 5.41) is 0. The summed E-state index contributed by atoms with van der Waals surface area (Å²) in [6.07, 6.45) is 20.7. The molecule has 3 nitrogen and oxygen atoms in total. The number of hydrogen-bond donors (Lipinski definition) is 0. The van der Waals surface area contributed by atoms with E-state index in [0.29, 0.717) is 6.42 Å². The molecule has 0 aromatic rings. The first-order valence-electron chi connectivity index (χ1n) is 10.9. The zero-order valence-electron chi connectivity index (χ0n) is 18.1. The average molecular weight is 392 g/mol. The molecule has 0 rings (SSSR count). The number of carbonyl (C=O) groups is 1. The van der Waals surface area contributed by atoms with Crippen LogP contribution in [-0.2, 0) is 9.53 Å². The van der Waals surface area contributed by atoms with Crippen molar-refractivity contribution in [3.63, 3.8) is 0 Å². The van der Waals surface area contributed by atoms with Crippen LogP contribution in [-0.4, -0.2) is 31.2 Å². The minimum Gasteiger partial charge on any atom is -0.447 e. The first kappa shape index (κ1) is 27.9. The summed E-state index contributed by atoms with van der Waals surface area (Å²) in [6, 6.07) is 0. The molecule has 0 aliphatic carbocycles. The van der Waals surface area contributed by atoms with Crippen molar-refractivity contribution in [3.05, 3.63) is 0 Å². The van der Waals surface area contributed by atoms with Crippen LogP contribution in [0.15, 0.2) is 0 Å². The van der Waals surface area contributed by atoms with Crippen molar-refractivity contribution in [2.75, 3.05) is 14.1 Å². The molecule has 158 valence electrons. The van der Waals surface area contributed by atoms with Crippen molar-refractivity contribution in [2.24, 2.45) is 0 Å². The largest absolute Gasteiger partial charge is 0.447 e. The Morgan fingerprint density at radius 2 is 1.08 bits per heavy atom. The average Bonchev–Trinajstić information content (AvgIpc) is 2.58. The van der Waals surface area contributed by atoms with Crippen LogP contribution in [0.4, 0.5) is 0 Å². The molecule has 0 fully saturated rings. The Balaban J connectivity index is 0. The van der Waals surface area contributed by atoms with Crippen molar-refractivity contribution < 1.29 is 9.53 Å². The van der Waals surface area contributed by atoms with Gasteiger partial charge in [0.15, 0.2) is 6.23 Å². The Hall–Kier alpha value is -0.280. The maximum atomic E-state index is 11.6. The summed E-state index contributed by atoms with van der Waals surface area (Å²) < 4.78 is 5.32. The molecular formula is C22H46ClNO2. The molecule has 0 amide bonds. The number of hydrogen-bond acceptors (Lipinski definition) is 3. The third-order valence-corrected chi connectivity index (χ3v) is 5.01. The van der Waals surface area contributed by atoms with Gasteiger partial charge in [0.05, 0.1) is 0 Å². The van der Waals surface area contributed by atoms with Crippen LogP contribution in [0.1, 0.15) is 117 Å². The van der Waals surface area contributed by atoms with Crippen LogP contribution in [0.2, 0.25) is 0 Å². The van der Waals surface area contributed by atoms with Gasteiger partial charge in [0.1, 0.15) is 0 Å². The topological polar surface area (TPSA) is 29.5 Å². The fraction of sp³-hybridized carbons (Fsp3) is 0.955. The van der Waals surface area contributed by atoms with Crippen molar-refractivity contribution >= 4 is 18.4 Å². The molecule has 0 aromatic heterocycles. The number of unbranched alkanes of at least 4 members (excludes halogenated alkanes) is 14. The molecule has 0 aromatic carbocycles. The Morgan fingerprint density at radius 3 is 1.42 bits per heavy atom. The molecule has 0 saturated carbocycles. The van der Waals surface area contributed by atoms with Gasteiger partial charge in [-0.25, -0.2) is 0 Å². The third kappa shape index (κ3) is 20.0. The Morgan fingerprint density at radius 1 is 0.731 bits per heavy atom. The summed E-state index contributed by atoms with van der Waals surface area (Å²) in [7, 11) is 3.84. The number of esters is 1. The normalized spacial score (nSPS) is 12.0. The molecule has 0 bridgehead atoms. The zero-order chi connectivity index (χ0) is 18.8. The fourth-order valence-electron chi connectivity index (χ4n) is 3.00. The smallest absolute Gasteiger partial charge is 0.307 e. The highest BCUT2D eigenvalue weighted by Crippen LogP contribution is 2.14. The van der Waals surface area contributed by atoms with E-state index in [0.717, 1.165) is 12.8 Å². The van der Waals surface area contributed by atoms with Gasteiger partial charge >= 0.3 is 5.97 Å². The van der Waals surface area contributed by atoms with Gasteiger partial charge in [-0.3, -0.25) is 9.69 Å². The maximum Gasteiger partial charge on any atom is 0.307 e. The standard InChI is InChI=1S/C22H45NO2.ClH/c1-5-6-7-8-9-10-11-12-13-14-15-16-17-18-19-20-22(24)25-21(2)23(3)4;/h21H,5-20H2,1-4H3;1H. The van der Waals surface area contributed by atoms with E-state index >= 15 is 0 Å². The van der Waals surface area contributed by atoms with Gasteiger partial charge < -0.3 is 4.74 Å². The van der Waals surface area contributed by atoms with Crippen molar-refractivity contribution in [1.29, 1.82) is 0 Å². The molecule has 0 aliphatic heterocycles. The van der Waals surface area contributed by atoms with E-state index in [2.05, 4.69) is 6.92 Å². The predicted octanol–water partition coefficient (Wildman–Crippen LogP) is 7.12. The SMILES string of the molecule is CCCCCCCCCCCCCCCCCC(=O)OC(C)N(C)C.Cl. The second kappa shape index (κ2) is 21.0. The van der Waals surface area contributed by atoms with E-state index < -0.39 is 0 Å². The molecule has 1 atom stereocenters. The van der Waals surface area contributed by atoms with Crippen molar-refractivity contribution in [1.82, 2.24) is 4.90 Å². The third-order valence-electron chi connectivity index (χ3n) is 5.01. The molecule has 0 spiro atoms. The van der Waals surface area contributed by atoms with Gasteiger partial charge in [-0.05, 0) is 27.4 Å². The molecule has 0 aliphatic rings. The molecule has 0 saturated heterocycles. The van der Waals surface area contributed by atoms with Crippen molar-refractivity contribution in [3.8, 4) is 0 Å². The molecule has 0 heterocycles. The summed E-state index contributed by atoms with van der Waals surface area (Å²) in [6.45, 7) is 4.19. The van der Waals surface area contributed by atoms with Crippen LogP contribution in [0, 0.1) is 0 Å². The van der Waals surface area contributed by atoms with Gasteiger partial charge in [-0.2, -0.15) is 0 Å². The lowest BCUT2D eigenvalue weighted by Gasteiger charge is -2.19.